The summed E-state index contributed by atoms with van der Waals surface area (Å²) in [5, 5.41) is 6.61. The highest BCUT2D eigenvalue weighted by molar-refractivity contribution is 7.91. The number of primary sulfonamides is 1. The molecule has 1 amide bonds. The first-order chi connectivity index (χ1) is 8.91. The largest absolute Gasteiger partial charge is 0.339 e. The summed E-state index contributed by atoms with van der Waals surface area (Å²) < 4.78 is 22.4. The van der Waals surface area contributed by atoms with Crippen molar-refractivity contribution in [2.24, 2.45) is 11.1 Å². The number of rotatable bonds is 3. The number of sulfonamides is 1. The van der Waals surface area contributed by atoms with E-state index < -0.39 is 10.0 Å². The number of thiophene rings is 1. The van der Waals surface area contributed by atoms with E-state index in [0.29, 0.717) is 11.5 Å². The van der Waals surface area contributed by atoms with E-state index >= 15 is 0 Å². The zero-order valence-electron chi connectivity index (χ0n) is 10.8. The molecule has 1 aromatic heterocycles. The van der Waals surface area contributed by atoms with E-state index in [9.17, 15) is 13.2 Å². The third-order valence-corrected chi connectivity index (χ3v) is 5.97. The molecule has 2 heterocycles. The maximum atomic E-state index is 12.2. The lowest BCUT2D eigenvalue weighted by Gasteiger charge is -2.31. The van der Waals surface area contributed by atoms with Gasteiger partial charge in [0.1, 0.15) is 4.21 Å². The molecule has 0 saturated carbocycles. The van der Waals surface area contributed by atoms with Gasteiger partial charge in [-0.3, -0.25) is 4.79 Å². The average Bonchev–Trinajstić information content (AvgIpc) is 2.87. The van der Waals surface area contributed by atoms with Crippen LogP contribution < -0.4 is 5.14 Å². The Morgan fingerprint density at radius 3 is 2.58 bits per heavy atom. The molecule has 0 spiro atoms. The van der Waals surface area contributed by atoms with Gasteiger partial charge in [0.05, 0.1) is 5.56 Å². The maximum Gasteiger partial charge on any atom is 0.254 e. The first kappa shape index (κ1) is 14.5. The Labute approximate surface area is 117 Å². The van der Waals surface area contributed by atoms with E-state index in [2.05, 4.69) is 6.92 Å². The van der Waals surface area contributed by atoms with E-state index in [1.165, 1.54) is 6.07 Å². The topological polar surface area (TPSA) is 80.5 Å². The van der Waals surface area contributed by atoms with Gasteiger partial charge in [0.25, 0.3) is 5.91 Å². The Morgan fingerprint density at radius 2 is 2.11 bits per heavy atom. The zero-order chi connectivity index (χ0) is 14.0. The van der Waals surface area contributed by atoms with Crippen LogP contribution in [0.1, 0.15) is 36.5 Å². The van der Waals surface area contributed by atoms with Crippen LogP contribution in [0.5, 0.6) is 0 Å². The molecule has 0 unspecified atom stereocenters. The normalized spacial score (nSPS) is 17.7. The Kier molecular flexibility index (Phi) is 4.27. The molecule has 1 aliphatic heterocycles. The van der Waals surface area contributed by atoms with Crippen molar-refractivity contribution in [2.45, 2.75) is 30.4 Å². The van der Waals surface area contributed by atoms with Gasteiger partial charge in [-0.1, -0.05) is 13.3 Å². The number of amides is 1. The maximum absolute atomic E-state index is 12.2. The van der Waals surface area contributed by atoms with Crippen LogP contribution >= 0.6 is 11.3 Å². The minimum atomic E-state index is -3.71. The van der Waals surface area contributed by atoms with E-state index in [-0.39, 0.29) is 10.1 Å². The third kappa shape index (κ3) is 3.34. The Morgan fingerprint density at radius 1 is 1.47 bits per heavy atom. The standard InChI is InChI=1S/C12H18N2O3S2/c1-2-9-3-5-14(6-4-9)12(15)10-7-11(18-8-10)19(13,16)17/h7-9H,2-6H2,1H3,(H2,13,16,17). The fourth-order valence-corrected chi connectivity index (χ4v) is 3.88. The predicted octanol–water partition coefficient (Wildman–Crippen LogP) is 1.66. The molecule has 0 atom stereocenters. The second-order valence-corrected chi connectivity index (χ2v) is 7.54. The van der Waals surface area contributed by atoms with Crippen molar-refractivity contribution in [2.75, 3.05) is 13.1 Å². The van der Waals surface area contributed by atoms with Crippen molar-refractivity contribution in [1.29, 1.82) is 0 Å². The molecule has 106 valence electrons. The molecule has 7 heteroatoms. The van der Waals surface area contributed by atoms with E-state index in [1.807, 2.05) is 0 Å². The van der Waals surface area contributed by atoms with Gasteiger partial charge in [0, 0.05) is 18.5 Å². The lowest BCUT2D eigenvalue weighted by molar-refractivity contribution is 0.0689. The number of nitrogens with two attached hydrogens (primary N) is 1. The van der Waals surface area contributed by atoms with Crippen molar-refractivity contribution < 1.29 is 13.2 Å². The van der Waals surface area contributed by atoms with Crippen LogP contribution in [0.3, 0.4) is 0 Å². The number of hydrogen-bond acceptors (Lipinski definition) is 4. The second-order valence-electron chi connectivity index (χ2n) is 4.84. The molecule has 5 nitrogen and oxygen atoms in total. The van der Waals surface area contributed by atoms with Gasteiger partial charge in [-0.05, 0) is 24.8 Å². The highest BCUT2D eigenvalue weighted by atomic mass is 32.2. The third-order valence-electron chi connectivity index (χ3n) is 3.58. The summed E-state index contributed by atoms with van der Waals surface area (Å²) >= 11 is 0.993. The Bertz CT molecular complexity index is 557. The van der Waals surface area contributed by atoms with Gasteiger partial charge in [0.15, 0.2) is 0 Å². The van der Waals surface area contributed by atoms with Gasteiger partial charge in [-0.25, -0.2) is 13.6 Å². The van der Waals surface area contributed by atoms with Gasteiger partial charge < -0.3 is 4.90 Å². The van der Waals surface area contributed by atoms with Crippen molar-refractivity contribution >= 4 is 27.3 Å². The average molecular weight is 302 g/mol. The van der Waals surface area contributed by atoms with Gasteiger partial charge in [0.2, 0.25) is 10.0 Å². The summed E-state index contributed by atoms with van der Waals surface area (Å²) in [5.74, 6) is 0.604. The van der Waals surface area contributed by atoms with Crippen LogP contribution in [0.25, 0.3) is 0 Å². The van der Waals surface area contributed by atoms with E-state index in [1.54, 1.807) is 10.3 Å². The Hall–Kier alpha value is -0.920. The van der Waals surface area contributed by atoms with Crippen LogP contribution in [-0.4, -0.2) is 32.3 Å². The molecule has 0 radical (unpaired) electrons. The van der Waals surface area contributed by atoms with Gasteiger partial charge >= 0.3 is 0 Å². The first-order valence-electron chi connectivity index (χ1n) is 6.32. The number of carbonyl (C=O) groups excluding carboxylic acids is 1. The molecule has 1 aromatic rings. The monoisotopic (exact) mass is 302 g/mol. The molecule has 0 bridgehead atoms. The number of carbonyl (C=O) groups is 1. The SMILES string of the molecule is CCC1CCN(C(=O)c2csc(S(N)(=O)=O)c2)CC1. The lowest BCUT2D eigenvalue weighted by atomic mass is 9.94. The van der Waals surface area contributed by atoms with E-state index in [4.69, 9.17) is 5.14 Å². The molecular weight excluding hydrogens is 284 g/mol. The van der Waals surface area contributed by atoms with Crippen molar-refractivity contribution in [3.63, 3.8) is 0 Å². The minimum Gasteiger partial charge on any atom is -0.339 e. The highest BCUT2D eigenvalue weighted by Crippen LogP contribution is 2.24. The number of nitrogens with zero attached hydrogens (tertiary/aromatic N) is 1. The van der Waals surface area contributed by atoms with E-state index in [0.717, 1.165) is 43.7 Å². The van der Waals surface area contributed by atoms with Crippen molar-refractivity contribution in [3.05, 3.63) is 17.0 Å². The van der Waals surface area contributed by atoms with Crippen LogP contribution in [0, 0.1) is 5.92 Å². The van der Waals surface area contributed by atoms with Crippen molar-refractivity contribution in [1.82, 2.24) is 4.90 Å². The molecule has 1 aliphatic rings. The zero-order valence-corrected chi connectivity index (χ0v) is 12.5. The summed E-state index contributed by atoms with van der Waals surface area (Å²) in [6.07, 6.45) is 3.19. The smallest absolute Gasteiger partial charge is 0.254 e. The fourth-order valence-electron chi connectivity index (χ4n) is 2.30. The summed E-state index contributed by atoms with van der Waals surface area (Å²) in [6, 6.07) is 1.37. The summed E-state index contributed by atoms with van der Waals surface area (Å²) in [7, 11) is -3.71. The number of likely N-dealkylation sites (tertiary alicyclic amines) is 1. The molecular formula is C12H18N2O3S2. The predicted molar refractivity (Wildman–Crippen MR) is 74.6 cm³/mol. The molecule has 19 heavy (non-hydrogen) atoms. The summed E-state index contributed by atoms with van der Waals surface area (Å²) in [6.45, 7) is 3.66. The van der Waals surface area contributed by atoms with Crippen LogP contribution in [0.2, 0.25) is 0 Å². The number of hydrogen-bond donors (Lipinski definition) is 1. The van der Waals surface area contributed by atoms with Gasteiger partial charge in [-0.2, -0.15) is 0 Å². The van der Waals surface area contributed by atoms with Crippen LogP contribution in [-0.2, 0) is 10.0 Å². The first-order valence-corrected chi connectivity index (χ1v) is 8.75. The molecule has 0 aliphatic carbocycles. The lowest BCUT2D eigenvalue weighted by Crippen LogP contribution is -2.38. The second kappa shape index (κ2) is 5.60. The van der Waals surface area contributed by atoms with Gasteiger partial charge in [-0.15, -0.1) is 11.3 Å². The van der Waals surface area contributed by atoms with Crippen LogP contribution in [0.15, 0.2) is 15.7 Å². The number of piperidine rings is 1. The van der Waals surface area contributed by atoms with Crippen molar-refractivity contribution in [3.8, 4) is 0 Å². The minimum absolute atomic E-state index is 0.0410. The highest BCUT2D eigenvalue weighted by Gasteiger charge is 2.24. The molecule has 1 fully saturated rings. The van der Waals surface area contributed by atoms with Crippen LogP contribution in [0.4, 0.5) is 0 Å². The molecule has 2 N–H and O–H groups in total. The summed E-state index contributed by atoms with van der Waals surface area (Å²) in [4.78, 5) is 14.0. The fraction of sp³-hybridized carbons (Fsp3) is 0.583. The molecule has 1 saturated heterocycles. The molecule has 2 rings (SSSR count). The Balaban J connectivity index is 2.07. The quantitative estimate of drug-likeness (QED) is 0.922. The summed E-state index contributed by atoms with van der Waals surface area (Å²) in [5.41, 5.74) is 0.420. The molecule has 0 aromatic carbocycles.